The van der Waals surface area contributed by atoms with Gasteiger partial charge in [0.2, 0.25) is 5.91 Å². The van der Waals surface area contributed by atoms with Gasteiger partial charge in [-0.1, -0.05) is 85.8 Å². The van der Waals surface area contributed by atoms with Crippen molar-refractivity contribution in [2.75, 3.05) is 9.96 Å². The average Bonchev–Trinajstić information content (AvgIpc) is 3.40. The average molecular weight is 449 g/mol. The lowest BCUT2D eigenvalue weighted by Crippen LogP contribution is -2.37. The first-order valence-corrected chi connectivity index (χ1v) is 11.6. The molecule has 0 aromatic heterocycles. The molecule has 2 aliphatic heterocycles. The van der Waals surface area contributed by atoms with Crippen LogP contribution in [-0.4, -0.2) is 17.9 Å². The van der Waals surface area contributed by atoms with E-state index in [2.05, 4.69) is 19.1 Å². The van der Waals surface area contributed by atoms with Crippen molar-refractivity contribution >= 4 is 34.0 Å². The monoisotopic (exact) mass is 448 g/mol. The molecule has 2 fully saturated rings. The minimum atomic E-state index is -0.873. The van der Waals surface area contributed by atoms with Gasteiger partial charge in [-0.3, -0.25) is 14.4 Å². The molecule has 3 atom stereocenters. The molecule has 0 spiro atoms. The van der Waals surface area contributed by atoms with Crippen LogP contribution < -0.4 is 9.96 Å². The Bertz CT molecular complexity index is 1380. The first-order chi connectivity index (χ1) is 16.7. The summed E-state index contributed by atoms with van der Waals surface area (Å²) in [5, 5.41) is 3.60. The molecule has 2 saturated heterocycles. The third-order valence-electron chi connectivity index (χ3n) is 6.86. The number of hydrogen-bond acceptors (Lipinski definition) is 4. The molecule has 0 radical (unpaired) electrons. The Labute approximate surface area is 198 Å². The fourth-order valence-corrected chi connectivity index (χ4v) is 5.14. The number of amides is 2. The van der Waals surface area contributed by atoms with Crippen molar-refractivity contribution in [3.8, 4) is 0 Å². The topological polar surface area (TPSA) is 49.9 Å². The minimum absolute atomic E-state index is 0.227. The zero-order valence-corrected chi connectivity index (χ0v) is 18.8. The maximum atomic E-state index is 13.9. The molecule has 34 heavy (non-hydrogen) atoms. The SMILES string of the molecule is CCc1ccc([C@H]2[C@@H]3C(=O)N(c4cccc5ccccc45)C(=O)[C@H]3ON2c2ccccc2)cc1. The molecule has 4 aromatic carbocycles. The normalized spacial score (nSPS) is 22.0. The van der Waals surface area contributed by atoms with E-state index >= 15 is 0 Å². The number of anilines is 2. The molecule has 2 aliphatic rings. The van der Waals surface area contributed by atoms with Crippen LogP contribution >= 0.6 is 0 Å². The second-order valence-electron chi connectivity index (χ2n) is 8.76. The number of fused-ring (bicyclic) bond motifs is 2. The van der Waals surface area contributed by atoms with Crippen LogP contribution in [0.1, 0.15) is 24.1 Å². The Morgan fingerprint density at radius 1 is 0.765 bits per heavy atom. The Balaban J connectivity index is 1.45. The van der Waals surface area contributed by atoms with Gasteiger partial charge in [0.1, 0.15) is 5.92 Å². The van der Waals surface area contributed by atoms with E-state index < -0.39 is 18.1 Å². The van der Waals surface area contributed by atoms with Crippen LogP contribution in [0.4, 0.5) is 11.4 Å². The molecule has 0 aliphatic carbocycles. The van der Waals surface area contributed by atoms with Gasteiger partial charge >= 0.3 is 0 Å². The number of rotatable bonds is 4. The van der Waals surface area contributed by atoms with Crippen molar-refractivity contribution in [3.63, 3.8) is 0 Å². The summed E-state index contributed by atoms with van der Waals surface area (Å²) in [7, 11) is 0. The van der Waals surface area contributed by atoms with Crippen LogP contribution in [0.2, 0.25) is 0 Å². The molecular weight excluding hydrogens is 424 g/mol. The summed E-state index contributed by atoms with van der Waals surface area (Å²) in [5.74, 6) is -1.19. The van der Waals surface area contributed by atoms with Crippen molar-refractivity contribution in [3.05, 3.63) is 108 Å². The molecule has 0 bridgehead atoms. The van der Waals surface area contributed by atoms with E-state index in [1.165, 1.54) is 10.5 Å². The quantitative estimate of drug-likeness (QED) is 0.390. The summed E-state index contributed by atoms with van der Waals surface area (Å²) < 4.78 is 0. The van der Waals surface area contributed by atoms with E-state index in [0.29, 0.717) is 5.69 Å². The van der Waals surface area contributed by atoms with Gasteiger partial charge in [0, 0.05) is 5.39 Å². The second-order valence-corrected chi connectivity index (χ2v) is 8.76. The predicted molar refractivity (Wildman–Crippen MR) is 132 cm³/mol. The number of imide groups is 1. The van der Waals surface area contributed by atoms with Crippen LogP contribution in [-0.2, 0) is 20.8 Å². The molecule has 6 rings (SSSR count). The van der Waals surface area contributed by atoms with Crippen molar-refractivity contribution < 1.29 is 14.4 Å². The second kappa shape index (κ2) is 8.12. The number of carbonyl (C=O) groups excluding carboxylic acids is 2. The largest absolute Gasteiger partial charge is 0.273 e. The van der Waals surface area contributed by atoms with Gasteiger partial charge in [-0.25, -0.2) is 9.96 Å². The lowest BCUT2D eigenvalue weighted by atomic mass is 9.90. The maximum absolute atomic E-state index is 13.9. The molecule has 0 N–H and O–H groups in total. The summed E-state index contributed by atoms with van der Waals surface area (Å²) in [5.41, 5.74) is 3.60. The van der Waals surface area contributed by atoms with E-state index in [-0.39, 0.29) is 11.8 Å². The highest BCUT2D eigenvalue weighted by Gasteiger charge is 2.60. The summed E-state index contributed by atoms with van der Waals surface area (Å²) in [6.45, 7) is 2.11. The Morgan fingerprint density at radius 2 is 1.47 bits per heavy atom. The summed E-state index contributed by atoms with van der Waals surface area (Å²) >= 11 is 0. The van der Waals surface area contributed by atoms with E-state index in [1.807, 2.05) is 84.9 Å². The molecule has 5 heteroatoms. The Morgan fingerprint density at radius 3 is 2.24 bits per heavy atom. The van der Waals surface area contributed by atoms with Crippen molar-refractivity contribution in [1.29, 1.82) is 0 Å². The molecule has 0 unspecified atom stereocenters. The van der Waals surface area contributed by atoms with E-state index in [1.54, 1.807) is 5.06 Å². The molecule has 4 aromatic rings. The number of aryl methyl sites for hydroxylation is 1. The van der Waals surface area contributed by atoms with Gasteiger partial charge in [-0.05, 0) is 41.1 Å². The zero-order valence-electron chi connectivity index (χ0n) is 18.8. The minimum Gasteiger partial charge on any atom is -0.273 e. The van der Waals surface area contributed by atoms with Crippen LogP contribution in [0.3, 0.4) is 0 Å². The van der Waals surface area contributed by atoms with Crippen molar-refractivity contribution in [2.45, 2.75) is 25.5 Å². The highest BCUT2D eigenvalue weighted by Crippen LogP contribution is 2.48. The third-order valence-corrected chi connectivity index (χ3v) is 6.86. The maximum Gasteiger partial charge on any atom is 0.266 e. The van der Waals surface area contributed by atoms with Crippen LogP contribution in [0.5, 0.6) is 0 Å². The van der Waals surface area contributed by atoms with Gasteiger partial charge in [0.05, 0.1) is 17.4 Å². The Kier molecular flexibility index (Phi) is 4.93. The van der Waals surface area contributed by atoms with Crippen molar-refractivity contribution in [2.24, 2.45) is 5.92 Å². The van der Waals surface area contributed by atoms with Crippen LogP contribution in [0.25, 0.3) is 10.8 Å². The number of hydroxylamine groups is 1. The van der Waals surface area contributed by atoms with Gasteiger partial charge in [0.15, 0.2) is 6.10 Å². The van der Waals surface area contributed by atoms with Gasteiger partial charge in [0.25, 0.3) is 5.91 Å². The predicted octanol–water partition coefficient (Wildman–Crippen LogP) is 5.45. The highest BCUT2D eigenvalue weighted by molar-refractivity contribution is 6.26. The van der Waals surface area contributed by atoms with Crippen LogP contribution in [0, 0.1) is 5.92 Å². The molecule has 2 heterocycles. The highest BCUT2D eigenvalue weighted by atomic mass is 16.7. The van der Waals surface area contributed by atoms with E-state index in [4.69, 9.17) is 4.84 Å². The lowest BCUT2D eigenvalue weighted by molar-refractivity contribution is -0.126. The number of benzene rings is 4. The molecule has 0 saturated carbocycles. The van der Waals surface area contributed by atoms with Gasteiger partial charge in [-0.15, -0.1) is 0 Å². The van der Waals surface area contributed by atoms with Crippen molar-refractivity contribution in [1.82, 2.24) is 0 Å². The smallest absolute Gasteiger partial charge is 0.266 e. The summed E-state index contributed by atoms with van der Waals surface area (Å²) in [4.78, 5) is 35.2. The fraction of sp³-hybridized carbons (Fsp3) is 0.172. The number of para-hydroxylation sites is 1. The molecule has 2 amide bonds. The fourth-order valence-electron chi connectivity index (χ4n) is 5.14. The van der Waals surface area contributed by atoms with Crippen LogP contribution in [0.15, 0.2) is 97.1 Å². The molecular formula is C29H24N2O3. The molecule has 5 nitrogen and oxygen atoms in total. The standard InChI is InChI=1S/C29H24N2O3/c1-2-19-15-17-21(18-16-19)26-25-27(34-31(26)22-11-4-3-5-12-22)29(33)30(28(25)32)24-14-8-10-20-9-6-7-13-23(20)24/h3-18,25-27H,2H2,1H3/t25-,26-,27-/m0/s1. The van der Waals surface area contributed by atoms with E-state index in [0.717, 1.165) is 28.4 Å². The van der Waals surface area contributed by atoms with Gasteiger partial charge < -0.3 is 0 Å². The van der Waals surface area contributed by atoms with E-state index in [9.17, 15) is 9.59 Å². The van der Waals surface area contributed by atoms with Gasteiger partial charge in [-0.2, -0.15) is 0 Å². The number of nitrogens with zero attached hydrogens (tertiary/aromatic N) is 2. The molecule has 168 valence electrons. The summed E-state index contributed by atoms with van der Waals surface area (Å²) in [6.07, 6.45) is 0.0601. The number of carbonyl (C=O) groups is 2. The third kappa shape index (κ3) is 3.12. The number of hydrogen-bond donors (Lipinski definition) is 0. The zero-order chi connectivity index (χ0) is 23.2. The Hall–Kier alpha value is -3.96. The first-order valence-electron chi connectivity index (χ1n) is 11.6. The lowest BCUT2D eigenvalue weighted by Gasteiger charge is -2.29. The summed E-state index contributed by atoms with van der Waals surface area (Å²) in [6, 6.07) is 31.0. The first kappa shape index (κ1) is 20.6.